The Morgan fingerprint density at radius 1 is 0.966 bits per heavy atom. The minimum absolute atomic E-state index is 0.0271. The highest BCUT2D eigenvalue weighted by molar-refractivity contribution is 5.45. The smallest absolute Gasteiger partial charge is 0.173 e. The first kappa shape index (κ1) is 20.1. The molecule has 2 aromatic rings. The van der Waals surface area contributed by atoms with E-state index in [1.165, 1.54) is 32.1 Å². The molecule has 7 heteroatoms. The predicted molar refractivity (Wildman–Crippen MR) is 111 cm³/mol. The van der Waals surface area contributed by atoms with Gasteiger partial charge in [0.25, 0.3) is 0 Å². The number of likely N-dealkylation sites (tertiary alicyclic amines) is 1. The molecule has 2 aliphatic rings. The monoisotopic (exact) mass is 399 g/mol. The Balaban J connectivity index is 1.73. The summed E-state index contributed by atoms with van der Waals surface area (Å²) in [7, 11) is 3.36. The molecule has 0 spiro atoms. The lowest BCUT2D eigenvalue weighted by molar-refractivity contribution is 0.146. The quantitative estimate of drug-likeness (QED) is 0.731. The number of benzene rings is 1. The molecule has 158 valence electrons. The summed E-state index contributed by atoms with van der Waals surface area (Å²) in [4.78, 5) is 2.53. The standard InChI is InChI=1S/C22H33N5O2/c1-16-11-13-26(14-12-16)21(17-9-10-19(28-2)20(15-17)29-3)22-23-24-25-27(22)18-7-5-4-6-8-18/h9-10,15-16,18,21H,4-8,11-14H2,1-3H3. The van der Waals surface area contributed by atoms with Crippen molar-refractivity contribution in [3.63, 3.8) is 0 Å². The number of nitrogens with zero attached hydrogens (tertiary/aromatic N) is 5. The first-order valence-electron chi connectivity index (χ1n) is 10.9. The van der Waals surface area contributed by atoms with Crippen LogP contribution < -0.4 is 9.47 Å². The van der Waals surface area contributed by atoms with Crippen molar-refractivity contribution in [3.05, 3.63) is 29.6 Å². The summed E-state index contributed by atoms with van der Waals surface area (Å²) in [6.45, 7) is 4.45. The van der Waals surface area contributed by atoms with E-state index in [2.05, 4.69) is 44.2 Å². The zero-order chi connectivity index (χ0) is 20.2. The lowest BCUT2D eigenvalue weighted by atomic mass is 9.93. The van der Waals surface area contributed by atoms with E-state index in [0.717, 1.165) is 54.7 Å². The molecular formula is C22H33N5O2. The van der Waals surface area contributed by atoms with Crippen molar-refractivity contribution in [1.82, 2.24) is 25.1 Å². The number of hydrogen-bond acceptors (Lipinski definition) is 6. The molecule has 0 N–H and O–H groups in total. The highest BCUT2D eigenvalue weighted by atomic mass is 16.5. The van der Waals surface area contributed by atoms with Crippen LogP contribution in [0.15, 0.2) is 18.2 Å². The van der Waals surface area contributed by atoms with Crippen LogP contribution in [0.2, 0.25) is 0 Å². The summed E-state index contributed by atoms with van der Waals surface area (Å²) in [6.07, 6.45) is 8.56. The molecule has 0 amide bonds. The van der Waals surface area contributed by atoms with Gasteiger partial charge in [-0.3, -0.25) is 4.90 Å². The number of piperidine rings is 1. The van der Waals surface area contributed by atoms with Gasteiger partial charge in [0.2, 0.25) is 0 Å². The summed E-state index contributed by atoms with van der Waals surface area (Å²) in [5.41, 5.74) is 1.16. The fourth-order valence-electron chi connectivity index (χ4n) is 4.80. The van der Waals surface area contributed by atoms with Crippen LogP contribution in [0.3, 0.4) is 0 Å². The van der Waals surface area contributed by atoms with E-state index in [9.17, 15) is 0 Å². The van der Waals surface area contributed by atoms with E-state index in [0.29, 0.717) is 6.04 Å². The largest absolute Gasteiger partial charge is 0.493 e. The minimum Gasteiger partial charge on any atom is -0.493 e. The number of hydrogen-bond donors (Lipinski definition) is 0. The molecule has 4 rings (SSSR count). The first-order valence-corrected chi connectivity index (χ1v) is 10.9. The SMILES string of the molecule is COc1ccc(C(c2nnnn2C2CCCCC2)N2CCC(C)CC2)cc1OC. The number of methoxy groups -OCH3 is 2. The highest BCUT2D eigenvalue weighted by Gasteiger charge is 2.33. The van der Waals surface area contributed by atoms with Crippen LogP contribution in [0.5, 0.6) is 11.5 Å². The third-order valence-electron chi connectivity index (χ3n) is 6.59. The van der Waals surface area contributed by atoms with Crippen molar-refractivity contribution in [1.29, 1.82) is 0 Å². The number of tetrazole rings is 1. The van der Waals surface area contributed by atoms with Gasteiger partial charge in [-0.15, -0.1) is 5.10 Å². The lowest BCUT2D eigenvalue weighted by Crippen LogP contribution is -2.38. The fraction of sp³-hybridized carbons (Fsp3) is 0.682. The molecule has 2 heterocycles. The topological polar surface area (TPSA) is 65.3 Å². The molecule has 2 fully saturated rings. The maximum absolute atomic E-state index is 5.59. The summed E-state index contributed by atoms with van der Waals surface area (Å²) >= 11 is 0. The van der Waals surface area contributed by atoms with Gasteiger partial charge < -0.3 is 9.47 Å². The van der Waals surface area contributed by atoms with E-state index in [1.807, 2.05) is 6.07 Å². The molecule has 1 saturated heterocycles. The number of ether oxygens (including phenoxy) is 2. The van der Waals surface area contributed by atoms with Crippen molar-refractivity contribution in [3.8, 4) is 11.5 Å². The van der Waals surface area contributed by atoms with Crippen molar-refractivity contribution in [2.24, 2.45) is 5.92 Å². The van der Waals surface area contributed by atoms with E-state index in [-0.39, 0.29) is 6.04 Å². The Hall–Kier alpha value is -2.15. The second-order valence-corrected chi connectivity index (χ2v) is 8.51. The van der Waals surface area contributed by atoms with Gasteiger partial charge in [0, 0.05) is 0 Å². The maximum atomic E-state index is 5.59. The highest BCUT2D eigenvalue weighted by Crippen LogP contribution is 2.38. The fourth-order valence-corrected chi connectivity index (χ4v) is 4.80. The van der Waals surface area contributed by atoms with Crippen LogP contribution in [-0.4, -0.2) is 52.4 Å². The minimum atomic E-state index is 0.0271. The van der Waals surface area contributed by atoms with Crippen molar-refractivity contribution in [2.75, 3.05) is 27.3 Å². The summed E-state index contributed by atoms with van der Waals surface area (Å²) in [5.74, 6) is 3.22. The zero-order valence-corrected chi connectivity index (χ0v) is 17.9. The van der Waals surface area contributed by atoms with Gasteiger partial charge in [0.05, 0.1) is 26.3 Å². The van der Waals surface area contributed by atoms with Crippen LogP contribution in [0.25, 0.3) is 0 Å². The second-order valence-electron chi connectivity index (χ2n) is 8.51. The molecule has 1 aliphatic heterocycles. The van der Waals surface area contributed by atoms with Gasteiger partial charge in [0.15, 0.2) is 17.3 Å². The van der Waals surface area contributed by atoms with Crippen molar-refractivity contribution in [2.45, 2.75) is 64.0 Å². The van der Waals surface area contributed by atoms with Gasteiger partial charge in [-0.05, 0) is 72.8 Å². The lowest BCUT2D eigenvalue weighted by Gasteiger charge is -2.37. The Morgan fingerprint density at radius 3 is 2.38 bits per heavy atom. The first-order chi connectivity index (χ1) is 14.2. The number of aromatic nitrogens is 4. The third-order valence-corrected chi connectivity index (χ3v) is 6.59. The van der Waals surface area contributed by atoms with Gasteiger partial charge in [-0.2, -0.15) is 0 Å². The summed E-state index contributed by atoms with van der Waals surface area (Å²) in [5, 5.41) is 13.1. The Bertz CT molecular complexity index is 794. The van der Waals surface area contributed by atoms with Crippen molar-refractivity contribution < 1.29 is 9.47 Å². The molecule has 1 saturated carbocycles. The van der Waals surface area contributed by atoms with Crippen LogP contribution in [0.1, 0.15) is 75.3 Å². The molecule has 1 aromatic carbocycles. The van der Waals surface area contributed by atoms with Crippen molar-refractivity contribution >= 4 is 0 Å². The van der Waals surface area contributed by atoms with Gasteiger partial charge in [-0.25, -0.2) is 4.68 Å². The predicted octanol–water partition coefficient (Wildman–Crippen LogP) is 4.02. The summed E-state index contributed by atoms with van der Waals surface area (Å²) < 4.78 is 13.2. The molecule has 1 atom stereocenters. The van der Waals surface area contributed by atoms with Crippen LogP contribution in [0.4, 0.5) is 0 Å². The van der Waals surface area contributed by atoms with Crippen LogP contribution in [-0.2, 0) is 0 Å². The van der Waals surface area contributed by atoms with Crippen LogP contribution in [0, 0.1) is 5.92 Å². The Labute approximate surface area is 173 Å². The van der Waals surface area contributed by atoms with E-state index in [4.69, 9.17) is 9.47 Å². The van der Waals surface area contributed by atoms with Gasteiger partial charge in [-0.1, -0.05) is 32.3 Å². The average Bonchev–Trinajstić information content (AvgIpc) is 3.25. The summed E-state index contributed by atoms with van der Waals surface area (Å²) in [6, 6.07) is 6.63. The Kier molecular flexibility index (Phi) is 6.33. The van der Waals surface area contributed by atoms with Gasteiger partial charge >= 0.3 is 0 Å². The third kappa shape index (κ3) is 4.25. The molecule has 29 heavy (non-hydrogen) atoms. The second kappa shape index (κ2) is 9.11. The average molecular weight is 400 g/mol. The zero-order valence-electron chi connectivity index (χ0n) is 17.9. The molecule has 1 unspecified atom stereocenters. The molecule has 7 nitrogen and oxygen atoms in total. The van der Waals surface area contributed by atoms with E-state index < -0.39 is 0 Å². The molecule has 0 radical (unpaired) electrons. The molecule has 1 aliphatic carbocycles. The molecule has 0 bridgehead atoms. The van der Waals surface area contributed by atoms with E-state index >= 15 is 0 Å². The maximum Gasteiger partial charge on any atom is 0.173 e. The van der Waals surface area contributed by atoms with Crippen LogP contribution >= 0.6 is 0 Å². The normalized spacial score (nSPS) is 20.5. The number of rotatable bonds is 6. The molecule has 1 aromatic heterocycles. The van der Waals surface area contributed by atoms with Gasteiger partial charge in [0.1, 0.15) is 0 Å². The molecular weight excluding hydrogens is 366 g/mol. The van der Waals surface area contributed by atoms with E-state index in [1.54, 1.807) is 14.2 Å². The Morgan fingerprint density at radius 2 is 1.69 bits per heavy atom.